The largest absolute Gasteiger partial charge is 0.315 e. The molecule has 0 saturated heterocycles. The van der Waals surface area contributed by atoms with Gasteiger partial charge in [-0.1, -0.05) is 84.9 Å². The Kier molecular flexibility index (Phi) is 5.15. The Balaban J connectivity index is 1.76. The normalized spacial score (nSPS) is 13.7. The number of hydrogen-bond acceptors (Lipinski definition) is 3. The second kappa shape index (κ2) is 8.41. The van der Waals surface area contributed by atoms with Gasteiger partial charge in [-0.25, -0.2) is 9.85 Å². The molecule has 4 aromatic carbocycles. The van der Waals surface area contributed by atoms with Gasteiger partial charge in [-0.05, 0) is 36.8 Å². The molecule has 32 heavy (non-hydrogen) atoms. The Bertz CT molecular complexity index is 1290. The van der Waals surface area contributed by atoms with Crippen LogP contribution in [-0.2, 0) is 0 Å². The summed E-state index contributed by atoms with van der Waals surface area (Å²) in [5, 5.41) is 7.09. The maximum atomic E-state index is 7.53. The molecule has 4 aromatic rings. The second-order valence-electron chi connectivity index (χ2n) is 7.68. The number of anilines is 3. The van der Waals surface area contributed by atoms with Crippen molar-refractivity contribution in [2.45, 2.75) is 13.0 Å². The smallest absolute Gasteiger partial charge is 0.189 e. The van der Waals surface area contributed by atoms with E-state index < -0.39 is 0 Å². The lowest BCUT2D eigenvalue weighted by molar-refractivity contribution is 0.777. The molecule has 5 rings (SSSR count). The van der Waals surface area contributed by atoms with Crippen molar-refractivity contribution < 1.29 is 0 Å². The van der Waals surface area contributed by atoms with Crippen LogP contribution in [0, 0.1) is 6.57 Å². The second-order valence-corrected chi connectivity index (χ2v) is 7.68. The molecule has 0 aliphatic carbocycles. The molecule has 1 heterocycles. The average molecular weight is 415 g/mol. The first-order chi connectivity index (χ1) is 15.8. The van der Waals surface area contributed by atoms with Gasteiger partial charge < -0.3 is 4.90 Å². The van der Waals surface area contributed by atoms with Gasteiger partial charge in [-0.2, -0.15) is 0 Å². The molecule has 0 amide bonds. The maximum absolute atomic E-state index is 7.53. The van der Waals surface area contributed by atoms with Crippen LogP contribution < -0.4 is 9.91 Å². The Hall–Kier alpha value is -4.36. The number of benzene rings is 4. The SMILES string of the molecule is [C-]#[N+]c1ccc2c(c1)N(c1ccccc1)N=C(c1ccccc1)N2C(C)c1ccccc1. The van der Waals surface area contributed by atoms with Crippen LogP contribution in [0.3, 0.4) is 0 Å². The van der Waals surface area contributed by atoms with Gasteiger partial charge >= 0.3 is 0 Å². The van der Waals surface area contributed by atoms with E-state index in [-0.39, 0.29) is 6.04 Å². The molecule has 1 atom stereocenters. The highest BCUT2D eigenvalue weighted by Crippen LogP contribution is 2.44. The number of nitrogens with zero attached hydrogens (tertiary/aromatic N) is 4. The molecule has 4 heteroatoms. The molecule has 0 aromatic heterocycles. The summed E-state index contributed by atoms with van der Waals surface area (Å²) < 4.78 is 0. The summed E-state index contributed by atoms with van der Waals surface area (Å²) in [7, 11) is 0. The number of amidine groups is 1. The predicted molar refractivity (Wildman–Crippen MR) is 132 cm³/mol. The van der Waals surface area contributed by atoms with Gasteiger partial charge in [0.2, 0.25) is 0 Å². The van der Waals surface area contributed by atoms with E-state index >= 15 is 0 Å². The van der Waals surface area contributed by atoms with E-state index in [2.05, 4.69) is 53.1 Å². The Labute approximate surface area is 188 Å². The zero-order valence-electron chi connectivity index (χ0n) is 17.8. The van der Waals surface area contributed by atoms with Gasteiger partial charge in [0.15, 0.2) is 11.5 Å². The third-order valence-electron chi connectivity index (χ3n) is 5.70. The first-order valence-corrected chi connectivity index (χ1v) is 10.6. The highest BCUT2D eigenvalue weighted by atomic mass is 15.5. The van der Waals surface area contributed by atoms with Gasteiger partial charge in [-0.15, -0.1) is 5.10 Å². The summed E-state index contributed by atoms with van der Waals surface area (Å²) in [4.78, 5) is 5.94. The summed E-state index contributed by atoms with van der Waals surface area (Å²) in [6, 6.07) is 36.7. The quantitative estimate of drug-likeness (QED) is 0.327. The van der Waals surface area contributed by atoms with E-state index in [0.717, 1.165) is 28.5 Å². The van der Waals surface area contributed by atoms with Crippen molar-refractivity contribution in [3.05, 3.63) is 132 Å². The van der Waals surface area contributed by atoms with E-state index in [1.54, 1.807) is 0 Å². The van der Waals surface area contributed by atoms with Crippen LogP contribution >= 0.6 is 0 Å². The Morgan fingerprint density at radius 2 is 1.38 bits per heavy atom. The Morgan fingerprint density at radius 1 is 0.750 bits per heavy atom. The van der Waals surface area contributed by atoms with Gasteiger partial charge in [0.05, 0.1) is 29.7 Å². The summed E-state index contributed by atoms with van der Waals surface area (Å²) in [5.74, 6) is 0.869. The summed E-state index contributed by atoms with van der Waals surface area (Å²) in [6.07, 6.45) is 0. The Morgan fingerprint density at radius 3 is 2.03 bits per heavy atom. The molecule has 0 saturated carbocycles. The number of hydrazone groups is 1. The summed E-state index contributed by atoms with van der Waals surface area (Å²) in [6.45, 7) is 9.73. The first-order valence-electron chi connectivity index (χ1n) is 10.6. The maximum Gasteiger partial charge on any atom is 0.189 e. The highest BCUT2D eigenvalue weighted by molar-refractivity contribution is 6.14. The van der Waals surface area contributed by atoms with Crippen LogP contribution in [0.1, 0.15) is 24.1 Å². The molecule has 154 valence electrons. The van der Waals surface area contributed by atoms with E-state index in [0.29, 0.717) is 5.69 Å². The zero-order chi connectivity index (χ0) is 21.9. The van der Waals surface area contributed by atoms with E-state index in [1.165, 1.54) is 5.56 Å². The molecule has 0 spiro atoms. The van der Waals surface area contributed by atoms with E-state index in [1.807, 2.05) is 77.8 Å². The number of fused-ring (bicyclic) bond motifs is 1. The lowest BCUT2D eigenvalue weighted by Crippen LogP contribution is -2.39. The van der Waals surface area contributed by atoms with Crippen molar-refractivity contribution >= 4 is 28.6 Å². The standard InChI is InChI=1S/C28H22N4/c1-21(22-12-6-3-7-13-22)31-26-19-18-24(29-2)20-27(26)32(25-16-10-5-11-17-25)30-28(31)23-14-8-4-9-15-23/h3-21H,1H3. The molecule has 1 aliphatic rings. The van der Waals surface area contributed by atoms with Gasteiger partial charge in [0.1, 0.15) is 0 Å². The lowest BCUT2D eigenvalue weighted by atomic mass is 10.0. The van der Waals surface area contributed by atoms with Crippen LogP contribution in [-0.4, -0.2) is 5.84 Å². The molecule has 1 aliphatic heterocycles. The third-order valence-corrected chi connectivity index (χ3v) is 5.70. The van der Waals surface area contributed by atoms with Crippen molar-refractivity contribution in [1.82, 2.24) is 0 Å². The van der Waals surface area contributed by atoms with E-state index in [9.17, 15) is 0 Å². The summed E-state index contributed by atoms with van der Waals surface area (Å²) in [5.41, 5.74) is 5.70. The van der Waals surface area contributed by atoms with Gasteiger partial charge in [0.25, 0.3) is 0 Å². The lowest BCUT2D eigenvalue weighted by Gasteiger charge is -2.40. The molecule has 0 N–H and O–H groups in total. The molecule has 1 unspecified atom stereocenters. The fraction of sp³-hybridized carbons (Fsp3) is 0.0714. The fourth-order valence-corrected chi connectivity index (χ4v) is 4.09. The highest BCUT2D eigenvalue weighted by Gasteiger charge is 2.32. The molecule has 0 bridgehead atoms. The van der Waals surface area contributed by atoms with E-state index in [4.69, 9.17) is 11.7 Å². The number of rotatable bonds is 4. The first kappa shape index (κ1) is 19.6. The average Bonchev–Trinajstić information content (AvgIpc) is 2.88. The van der Waals surface area contributed by atoms with Crippen LogP contribution in [0.5, 0.6) is 0 Å². The number of para-hydroxylation sites is 1. The zero-order valence-corrected chi connectivity index (χ0v) is 17.8. The van der Waals surface area contributed by atoms with Crippen molar-refractivity contribution in [2.24, 2.45) is 5.10 Å². The topological polar surface area (TPSA) is 23.2 Å². The van der Waals surface area contributed by atoms with Gasteiger partial charge in [-0.3, -0.25) is 0 Å². The van der Waals surface area contributed by atoms with Crippen LogP contribution in [0.15, 0.2) is 114 Å². The molecule has 0 fully saturated rings. The van der Waals surface area contributed by atoms with Crippen LogP contribution in [0.4, 0.5) is 22.7 Å². The van der Waals surface area contributed by atoms with Crippen LogP contribution in [0.25, 0.3) is 4.85 Å². The third kappa shape index (κ3) is 3.51. The van der Waals surface area contributed by atoms with Crippen LogP contribution in [0.2, 0.25) is 0 Å². The predicted octanol–water partition coefficient (Wildman–Crippen LogP) is 7.32. The van der Waals surface area contributed by atoms with Crippen molar-refractivity contribution in [1.29, 1.82) is 0 Å². The minimum Gasteiger partial charge on any atom is -0.315 e. The molecular formula is C28H22N4. The summed E-state index contributed by atoms with van der Waals surface area (Å²) >= 11 is 0. The molecule has 4 nitrogen and oxygen atoms in total. The molecule has 0 radical (unpaired) electrons. The fourth-order valence-electron chi connectivity index (χ4n) is 4.09. The van der Waals surface area contributed by atoms with Crippen molar-refractivity contribution in [3.63, 3.8) is 0 Å². The van der Waals surface area contributed by atoms with Gasteiger partial charge in [0, 0.05) is 5.56 Å². The minimum atomic E-state index is 0.0469. The molecular weight excluding hydrogens is 392 g/mol. The number of hydrogen-bond donors (Lipinski definition) is 0. The monoisotopic (exact) mass is 414 g/mol. The minimum absolute atomic E-state index is 0.0469. The van der Waals surface area contributed by atoms with Crippen molar-refractivity contribution in [3.8, 4) is 0 Å². The van der Waals surface area contributed by atoms with Crippen molar-refractivity contribution in [2.75, 3.05) is 9.91 Å².